The summed E-state index contributed by atoms with van der Waals surface area (Å²) in [6.07, 6.45) is 0. The number of benzene rings is 2. The van der Waals surface area contributed by atoms with E-state index < -0.39 is 4.92 Å². The van der Waals surface area contributed by atoms with Gasteiger partial charge < -0.3 is 9.80 Å². The van der Waals surface area contributed by atoms with Gasteiger partial charge in [0.1, 0.15) is 5.82 Å². The summed E-state index contributed by atoms with van der Waals surface area (Å²) in [6, 6.07) is 12.0. The van der Waals surface area contributed by atoms with Gasteiger partial charge in [0, 0.05) is 31.8 Å². The molecule has 0 saturated heterocycles. The summed E-state index contributed by atoms with van der Waals surface area (Å²) in [5.74, 6) is -0.717. The van der Waals surface area contributed by atoms with Crippen LogP contribution in [0.15, 0.2) is 48.5 Å². The number of hydrogen-bond donors (Lipinski definition) is 0. The molecule has 0 aliphatic rings. The van der Waals surface area contributed by atoms with Crippen LogP contribution in [-0.2, 0) is 6.54 Å². The zero-order valence-corrected chi connectivity index (χ0v) is 17.5. The molecule has 1 aromatic heterocycles. The molecule has 10 heteroatoms. The molecule has 0 fully saturated rings. The van der Waals surface area contributed by atoms with E-state index in [1.54, 1.807) is 36.1 Å². The molecule has 9 nitrogen and oxygen atoms in total. The molecule has 0 N–H and O–H groups in total. The molecule has 3 rings (SSSR count). The van der Waals surface area contributed by atoms with Crippen molar-refractivity contribution in [1.82, 2.24) is 24.8 Å². The minimum atomic E-state index is -0.496. The Labute approximate surface area is 178 Å². The molecule has 0 radical (unpaired) electrons. The van der Waals surface area contributed by atoms with Gasteiger partial charge in [0.2, 0.25) is 0 Å². The van der Waals surface area contributed by atoms with Gasteiger partial charge in [-0.25, -0.2) is 9.07 Å². The molecule has 31 heavy (non-hydrogen) atoms. The van der Waals surface area contributed by atoms with Crippen molar-refractivity contribution in [1.29, 1.82) is 0 Å². The van der Waals surface area contributed by atoms with Gasteiger partial charge >= 0.3 is 0 Å². The summed E-state index contributed by atoms with van der Waals surface area (Å²) in [6.45, 7) is 2.91. The number of non-ortho nitro benzene ring substituents is 1. The van der Waals surface area contributed by atoms with Crippen LogP contribution in [-0.4, -0.2) is 62.8 Å². The molecule has 162 valence electrons. The van der Waals surface area contributed by atoms with Gasteiger partial charge in [-0.2, -0.15) is 0 Å². The number of likely N-dealkylation sites (N-methyl/N-ethyl adjacent to an activating group) is 1. The number of halogens is 1. The molecule has 0 spiro atoms. The quantitative estimate of drug-likeness (QED) is 0.406. The monoisotopic (exact) mass is 426 g/mol. The lowest BCUT2D eigenvalue weighted by molar-refractivity contribution is -0.384. The third-order valence-corrected chi connectivity index (χ3v) is 4.75. The summed E-state index contributed by atoms with van der Waals surface area (Å²) in [4.78, 5) is 27.4. The Morgan fingerprint density at radius 1 is 1.16 bits per heavy atom. The number of nitrogens with zero attached hydrogens (tertiary/aromatic N) is 6. The maximum atomic E-state index is 13.6. The van der Waals surface area contributed by atoms with Gasteiger partial charge in [-0.3, -0.25) is 14.9 Å². The van der Waals surface area contributed by atoms with Crippen LogP contribution in [0.25, 0.3) is 5.69 Å². The molecule has 1 heterocycles. The fourth-order valence-corrected chi connectivity index (χ4v) is 3.09. The van der Waals surface area contributed by atoms with Gasteiger partial charge in [0.15, 0.2) is 5.69 Å². The van der Waals surface area contributed by atoms with Gasteiger partial charge in [0.05, 0.1) is 16.3 Å². The van der Waals surface area contributed by atoms with Crippen molar-refractivity contribution in [2.45, 2.75) is 13.5 Å². The Morgan fingerprint density at radius 2 is 1.90 bits per heavy atom. The zero-order chi connectivity index (χ0) is 22.5. The second-order valence-corrected chi connectivity index (χ2v) is 7.37. The molecular formula is C21H23FN6O3. The second kappa shape index (κ2) is 9.43. The largest absolute Gasteiger partial charge is 0.332 e. The Kier molecular flexibility index (Phi) is 6.71. The summed E-state index contributed by atoms with van der Waals surface area (Å²) < 4.78 is 15.0. The molecule has 0 atom stereocenters. The predicted octanol–water partition coefficient (Wildman–Crippen LogP) is 2.83. The summed E-state index contributed by atoms with van der Waals surface area (Å²) in [5.41, 5.74) is 1.61. The third-order valence-electron chi connectivity index (χ3n) is 4.75. The minimum absolute atomic E-state index is 0.0843. The van der Waals surface area contributed by atoms with E-state index in [9.17, 15) is 19.3 Å². The number of carbonyl (C=O) groups excluding carboxylic acids is 1. The van der Waals surface area contributed by atoms with Crippen LogP contribution in [0.5, 0.6) is 0 Å². The highest BCUT2D eigenvalue weighted by molar-refractivity contribution is 5.93. The van der Waals surface area contributed by atoms with Crippen molar-refractivity contribution in [2.75, 3.05) is 27.2 Å². The first kappa shape index (κ1) is 22.0. The standard InChI is InChI=1S/C21H23FN6O3/c1-15-20(23-24-27(15)18-8-5-9-19(13-18)28(30)31)21(29)26(11-10-25(2)3)14-16-6-4-7-17(22)12-16/h4-9,12-13H,10-11,14H2,1-3H3. The van der Waals surface area contributed by atoms with E-state index in [2.05, 4.69) is 10.3 Å². The van der Waals surface area contributed by atoms with Gasteiger partial charge in [-0.15, -0.1) is 5.10 Å². The normalized spacial score (nSPS) is 11.0. The lowest BCUT2D eigenvalue weighted by Crippen LogP contribution is -2.36. The smallest absolute Gasteiger partial charge is 0.276 e. The number of nitro benzene ring substituents is 1. The number of aromatic nitrogens is 3. The number of nitro groups is 1. The highest BCUT2D eigenvalue weighted by Crippen LogP contribution is 2.19. The van der Waals surface area contributed by atoms with E-state index in [1.165, 1.54) is 28.9 Å². The van der Waals surface area contributed by atoms with Crippen LogP contribution in [0, 0.1) is 22.9 Å². The fourth-order valence-electron chi connectivity index (χ4n) is 3.09. The second-order valence-electron chi connectivity index (χ2n) is 7.37. The Bertz CT molecular complexity index is 1100. The maximum absolute atomic E-state index is 13.6. The summed E-state index contributed by atoms with van der Waals surface area (Å²) in [7, 11) is 3.79. The van der Waals surface area contributed by atoms with Crippen LogP contribution in [0.2, 0.25) is 0 Å². The van der Waals surface area contributed by atoms with Crippen LogP contribution < -0.4 is 0 Å². The first-order valence-electron chi connectivity index (χ1n) is 9.62. The number of carbonyl (C=O) groups is 1. The van der Waals surface area contributed by atoms with Gasteiger partial charge in [-0.1, -0.05) is 23.4 Å². The molecule has 3 aromatic rings. The first-order chi connectivity index (χ1) is 14.8. The molecule has 2 aromatic carbocycles. The van der Waals surface area contributed by atoms with Crippen LogP contribution >= 0.6 is 0 Å². The molecule has 0 aliphatic heterocycles. The summed E-state index contributed by atoms with van der Waals surface area (Å²) in [5, 5.41) is 19.1. The van der Waals surface area contributed by atoms with E-state index in [-0.39, 0.29) is 29.7 Å². The Balaban J connectivity index is 1.90. The fraction of sp³-hybridized carbons (Fsp3) is 0.286. The van der Waals surface area contributed by atoms with Gasteiger partial charge in [0.25, 0.3) is 11.6 Å². The van der Waals surface area contributed by atoms with E-state index in [1.807, 2.05) is 19.0 Å². The molecule has 0 bridgehead atoms. The number of hydrogen-bond acceptors (Lipinski definition) is 6. The van der Waals surface area contributed by atoms with E-state index in [0.717, 1.165) is 0 Å². The first-order valence-corrected chi connectivity index (χ1v) is 9.62. The van der Waals surface area contributed by atoms with Crippen molar-refractivity contribution in [2.24, 2.45) is 0 Å². The van der Waals surface area contributed by atoms with E-state index in [4.69, 9.17) is 0 Å². The molecule has 1 amide bonds. The van der Waals surface area contributed by atoms with Crippen LogP contribution in [0.1, 0.15) is 21.7 Å². The average Bonchev–Trinajstić information content (AvgIpc) is 3.12. The van der Waals surface area contributed by atoms with Crippen LogP contribution in [0.3, 0.4) is 0 Å². The maximum Gasteiger partial charge on any atom is 0.276 e. The van der Waals surface area contributed by atoms with Crippen molar-refractivity contribution >= 4 is 11.6 Å². The highest BCUT2D eigenvalue weighted by Gasteiger charge is 2.24. The van der Waals surface area contributed by atoms with Gasteiger partial charge in [-0.05, 0) is 44.8 Å². The zero-order valence-electron chi connectivity index (χ0n) is 17.5. The summed E-state index contributed by atoms with van der Waals surface area (Å²) >= 11 is 0. The minimum Gasteiger partial charge on any atom is -0.332 e. The lowest BCUT2D eigenvalue weighted by atomic mass is 10.2. The predicted molar refractivity (Wildman–Crippen MR) is 112 cm³/mol. The Morgan fingerprint density at radius 3 is 2.58 bits per heavy atom. The van der Waals surface area contributed by atoms with Crippen LogP contribution in [0.4, 0.5) is 10.1 Å². The van der Waals surface area contributed by atoms with Crippen molar-refractivity contribution in [3.05, 3.63) is 81.4 Å². The molecule has 0 aliphatic carbocycles. The number of rotatable bonds is 8. The highest BCUT2D eigenvalue weighted by atomic mass is 19.1. The van der Waals surface area contributed by atoms with Crippen molar-refractivity contribution < 1.29 is 14.1 Å². The number of amides is 1. The third kappa shape index (κ3) is 5.28. The lowest BCUT2D eigenvalue weighted by Gasteiger charge is -2.24. The SMILES string of the molecule is Cc1c(C(=O)N(CCN(C)C)Cc2cccc(F)c2)nnn1-c1cccc([N+](=O)[O-])c1. The molecule has 0 saturated carbocycles. The van der Waals surface area contributed by atoms with E-state index in [0.29, 0.717) is 30.0 Å². The van der Waals surface area contributed by atoms with Crippen molar-refractivity contribution in [3.8, 4) is 5.69 Å². The van der Waals surface area contributed by atoms with E-state index >= 15 is 0 Å². The Hall–Kier alpha value is -3.66. The molecule has 0 unspecified atom stereocenters. The average molecular weight is 426 g/mol. The van der Waals surface area contributed by atoms with Crippen molar-refractivity contribution in [3.63, 3.8) is 0 Å². The molecular weight excluding hydrogens is 403 g/mol. The topological polar surface area (TPSA) is 97.4 Å².